The number of amides is 1. The van der Waals surface area contributed by atoms with E-state index < -0.39 is 0 Å². The lowest BCUT2D eigenvalue weighted by atomic mass is 10.1. The Balaban J connectivity index is 2.40. The van der Waals surface area contributed by atoms with Crippen LogP contribution in [0.5, 0.6) is 0 Å². The number of carbonyl (C=O) groups is 1. The number of nitrogens with two attached hydrogens (primary N) is 1. The molecule has 16 heavy (non-hydrogen) atoms. The molecule has 0 aliphatic rings. The van der Waals surface area contributed by atoms with Gasteiger partial charge in [0.15, 0.2) is 0 Å². The minimum atomic E-state index is -0.0601. The average molecular weight is 242 g/mol. The summed E-state index contributed by atoms with van der Waals surface area (Å²) < 4.78 is 0. The minimum Gasteiger partial charge on any atom is -0.330 e. The lowest BCUT2D eigenvalue weighted by Crippen LogP contribution is -2.16. The van der Waals surface area contributed by atoms with E-state index in [2.05, 4.69) is 10.3 Å². The van der Waals surface area contributed by atoms with E-state index in [1.54, 1.807) is 18.2 Å². The van der Waals surface area contributed by atoms with Gasteiger partial charge >= 0.3 is 0 Å². The van der Waals surface area contributed by atoms with Gasteiger partial charge < -0.3 is 11.1 Å². The second kappa shape index (κ2) is 6.45. The normalized spacial score (nSPS) is 12.2. The molecule has 0 radical (unpaired) electrons. The maximum Gasteiger partial charge on any atom is 0.225 e. The van der Waals surface area contributed by atoms with Crippen LogP contribution in [0.15, 0.2) is 18.2 Å². The van der Waals surface area contributed by atoms with E-state index >= 15 is 0 Å². The number of hydrogen-bond acceptors (Lipinski definition) is 3. The number of nitrogens with one attached hydrogen (secondary N) is 1. The van der Waals surface area contributed by atoms with Crippen molar-refractivity contribution in [2.24, 2.45) is 11.7 Å². The summed E-state index contributed by atoms with van der Waals surface area (Å²) in [5, 5.41) is 3.06. The van der Waals surface area contributed by atoms with Gasteiger partial charge in [-0.15, -0.1) is 0 Å². The number of aromatic nitrogens is 1. The minimum absolute atomic E-state index is 0.0601. The van der Waals surface area contributed by atoms with Crippen LogP contribution in [0.3, 0.4) is 0 Å². The number of pyridine rings is 1. The molecule has 1 unspecified atom stereocenters. The van der Waals surface area contributed by atoms with Crippen molar-refractivity contribution in [3.63, 3.8) is 0 Å². The van der Waals surface area contributed by atoms with Crippen LogP contribution in [0.2, 0.25) is 5.15 Å². The van der Waals surface area contributed by atoms with Gasteiger partial charge in [-0.3, -0.25) is 4.79 Å². The molecule has 1 heterocycles. The zero-order valence-corrected chi connectivity index (χ0v) is 10.00. The van der Waals surface area contributed by atoms with Crippen LogP contribution in [-0.4, -0.2) is 17.4 Å². The molecule has 0 fully saturated rings. The van der Waals surface area contributed by atoms with Gasteiger partial charge in [-0.25, -0.2) is 4.98 Å². The largest absolute Gasteiger partial charge is 0.330 e. The van der Waals surface area contributed by atoms with Crippen LogP contribution in [0.1, 0.15) is 19.8 Å². The van der Waals surface area contributed by atoms with Crippen LogP contribution >= 0.6 is 11.6 Å². The zero-order valence-electron chi connectivity index (χ0n) is 9.24. The van der Waals surface area contributed by atoms with Crippen LogP contribution in [0.4, 0.5) is 5.82 Å². The smallest absolute Gasteiger partial charge is 0.225 e. The van der Waals surface area contributed by atoms with Crippen molar-refractivity contribution in [1.82, 2.24) is 4.98 Å². The zero-order chi connectivity index (χ0) is 12.0. The first-order chi connectivity index (χ1) is 7.61. The van der Waals surface area contributed by atoms with Crippen LogP contribution in [0, 0.1) is 5.92 Å². The van der Waals surface area contributed by atoms with Crippen LogP contribution in [-0.2, 0) is 4.79 Å². The topological polar surface area (TPSA) is 68.0 Å². The predicted octanol–water partition coefficient (Wildman–Crippen LogP) is 2.05. The molecule has 0 bridgehead atoms. The van der Waals surface area contributed by atoms with Crippen LogP contribution < -0.4 is 11.1 Å². The first kappa shape index (κ1) is 12.9. The summed E-state index contributed by atoms with van der Waals surface area (Å²) in [6, 6.07) is 5.11. The molecule has 1 rings (SSSR count). The van der Waals surface area contributed by atoms with E-state index in [4.69, 9.17) is 17.3 Å². The molecule has 0 aliphatic heterocycles. The van der Waals surface area contributed by atoms with Crippen molar-refractivity contribution < 1.29 is 4.79 Å². The summed E-state index contributed by atoms with van der Waals surface area (Å²) in [6.45, 7) is 2.62. The van der Waals surface area contributed by atoms with Crippen molar-refractivity contribution in [2.45, 2.75) is 19.8 Å². The Hall–Kier alpha value is -1.13. The highest BCUT2D eigenvalue weighted by Gasteiger charge is 2.06. The van der Waals surface area contributed by atoms with Gasteiger partial charge in [-0.2, -0.15) is 0 Å². The van der Waals surface area contributed by atoms with Crippen molar-refractivity contribution >= 4 is 23.3 Å². The van der Waals surface area contributed by atoms with E-state index in [0.29, 0.717) is 29.9 Å². The fourth-order valence-corrected chi connectivity index (χ4v) is 1.34. The number of hydrogen-bond donors (Lipinski definition) is 2. The van der Waals surface area contributed by atoms with Gasteiger partial charge in [-0.1, -0.05) is 24.6 Å². The van der Waals surface area contributed by atoms with Crippen molar-refractivity contribution in [1.29, 1.82) is 0 Å². The number of carbonyl (C=O) groups excluding carboxylic acids is 1. The maximum atomic E-state index is 11.5. The van der Waals surface area contributed by atoms with Crippen molar-refractivity contribution in [2.75, 3.05) is 11.9 Å². The van der Waals surface area contributed by atoms with E-state index in [0.717, 1.165) is 6.42 Å². The molecule has 1 atom stereocenters. The Morgan fingerprint density at radius 3 is 3.00 bits per heavy atom. The highest BCUT2D eigenvalue weighted by molar-refractivity contribution is 6.29. The summed E-state index contributed by atoms with van der Waals surface area (Å²) in [5.41, 5.74) is 5.47. The Morgan fingerprint density at radius 1 is 1.62 bits per heavy atom. The third kappa shape index (κ3) is 4.59. The molecule has 4 nitrogen and oxygen atoms in total. The summed E-state index contributed by atoms with van der Waals surface area (Å²) in [7, 11) is 0. The summed E-state index contributed by atoms with van der Waals surface area (Å²) >= 11 is 5.70. The lowest BCUT2D eigenvalue weighted by Gasteiger charge is -2.08. The second-order valence-electron chi connectivity index (χ2n) is 3.77. The monoisotopic (exact) mass is 241 g/mol. The van der Waals surface area contributed by atoms with Gasteiger partial charge in [0.25, 0.3) is 0 Å². The molecule has 3 N–H and O–H groups in total. The molecule has 1 amide bonds. The van der Waals surface area contributed by atoms with E-state index in [9.17, 15) is 4.79 Å². The van der Waals surface area contributed by atoms with Gasteiger partial charge in [0.1, 0.15) is 11.0 Å². The molecule has 1 aromatic rings. The lowest BCUT2D eigenvalue weighted by molar-refractivity contribution is -0.116. The van der Waals surface area contributed by atoms with Gasteiger partial charge in [-0.05, 0) is 31.0 Å². The predicted molar refractivity (Wildman–Crippen MR) is 65.3 cm³/mol. The quantitative estimate of drug-likeness (QED) is 0.776. The van der Waals surface area contributed by atoms with Crippen molar-refractivity contribution in [3.05, 3.63) is 23.4 Å². The van der Waals surface area contributed by atoms with E-state index in [-0.39, 0.29) is 5.91 Å². The molecule has 0 aromatic carbocycles. The Morgan fingerprint density at radius 2 is 2.38 bits per heavy atom. The molecular weight excluding hydrogens is 226 g/mol. The standard InChI is InChI=1S/C11H16ClN3O/c1-8(7-13)5-6-11(16)15-10-4-2-3-9(12)14-10/h2-4,8H,5-7,13H2,1H3,(H,14,15,16). The molecule has 0 aliphatic carbocycles. The number of nitrogens with zero attached hydrogens (tertiary/aromatic N) is 1. The highest BCUT2D eigenvalue weighted by atomic mass is 35.5. The summed E-state index contributed by atoms with van der Waals surface area (Å²) in [5.74, 6) is 0.783. The Bertz CT molecular complexity index is 357. The van der Waals surface area contributed by atoms with E-state index in [1.807, 2.05) is 6.92 Å². The number of halogens is 1. The second-order valence-corrected chi connectivity index (χ2v) is 4.16. The highest BCUT2D eigenvalue weighted by Crippen LogP contribution is 2.10. The Labute approximate surface area is 100 Å². The molecule has 88 valence electrons. The fraction of sp³-hybridized carbons (Fsp3) is 0.455. The molecule has 1 aromatic heterocycles. The summed E-state index contributed by atoms with van der Waals surface area (Å²) in [4.78, 5) is 15.5. The third-order valence-electron chi connectivity index (χ3n) is 2.25. The van der Waals surface area contributed by atoms with E-state index in [1.165, 1.54) is 0 Å². The summed E-state index contributed by atoms with van der Waals surface area (Å²) in [6.07, 6.45) is 1.23. The Kier molecular flexibility index (Phi) is 5.22. The molecule has 0 spiro atoms. The first-order valence-corrected chi connectivity index (χ1v) is 5.62. The third-order valence-corrected chi connectivity index (χ3v) is 2.46. The maximum absolute atomic E-state index is 11.5. The fourth-order valence-electron chi connectivity index (χ4n) is 1.18. The van der Waals surface area contributed by atoms with Gasteiger partial charge in [0, 0.05) is 6.42 Å². The first-order valence-electron chi connectivity index (χ1n) is 5.24. The number of anilines is 1. The molecule has 0 saturated heterocycles. The van der Waals surface area contributed by atoms with Crippen LogP contribution in [0.25, 0.3) is 0 Å². The van der Waals surface area contributed by atoms with Gasteiger partial charge in [0.05, 0.1) is 0 Å². The molecule has 0 saturated carbocycles. The van der Waals surface area contributed by atoms with Gasteiger partial charge in [0.2, 0.25) is 5.91 Å². The van der Waals surface area contributed by atoms with Crippen molar-refractivity contribution in [3.8, 4) is 0 Å². The molecular formula is C11H16ClN3O. The SMILES string of the molecule is CC(CN)CCC(=O)Nc1cccc(Cl)n1. The number of rotatable bonds is 5. The average Bonchev–Trinajstić information content (AvgIpc) is 2.26. The molecule has 5 heteroatoms.